The maximum Gasteiger partial charge on any atom is 0.275 e. The molecular weight excluding hydrogens is 464 g/mol. The molecule has 2 aliphatic rings. The van der Waals surface area contributed by atoms with Crippen LogP contribution in [0.4, 0.5) is 8.78 Å². The molecule has 3 heterocycles. The summed E-state index contributed by atoms with van der Waals surface area (Å²) in [5, 5.41) is 12.3. The third kappa shape index (κ3) is 5.36. The van der Waals surface area contributed by atoms with Crippen molar-refractivity contribution in [3.8, 4) is 0 Å². The van der Waals surface area contributed by atoms with Gasteiger partial charge in [-0.2, -0.15) is 5.10 Å². The van der Waals surface area contributed by atoms with Crippen LogP contribution in [-0.2, 0) is 13.0 Å². The lowest BCUT2D eigenvalue weighted by molar-refractivity contribution is 0.0166. The molecule has 1 saturated carbocycles. The second-order valence-electron chi connectivity index (χ2n) is 10.3. The van der Waals surface area contributed by atoms with Crippen molar-refractivity contribution < 1.29 is 18.1 Å². The first kappa shape index (κ1) is 24.6. The lowest BCUT2D eigenvalue weighted by Gasteiger charge is -2.32. The summed E-state index contributed by atoms with van der Waals surface area (Å²) in [4.78, 5) is 15.3. The molecule has 0 atom stereocenters. The van der Waals surface area contributed by atoms with Gasteiger partial charge in [0.25, 0.3) is 11.8 Å². The number of rotatable bonds is 7. The molecule has 192 valence electrons. The Bertz CT molecular complexity index is 1250. The van der Waals surface area contributed by atoms with Gasteiger partial charge in [-0.05, 0) is 68.7 Å². The van der Waals surface area contributed by atoms with E-state index in [9.17, 15) is 13.6 Å². The zero-order chi connectivity index (χ0) is 25.3. The van der Waals surface area contributed by atoms with Crippen LogP contribution in [-0.4, -0.2) is 51.4 Å². The van der Waals surface area contributed by atoms with Crippen LogP contribution >= 0.6 is 0 Å². The summed E-state index contributed by atoms with van der Waals surface area (Å²) >= 11 is 0. The first-order chi connectivity index (χ1) is 17.3. The number of fused-ring (bicyclic) bond motifs is 1. The summed E-state index contributed by atoms with van der Waals surface area (Å²) in [5.74, 6) is -2.34. The zero-order valence-electron chi connectivity index (χ0n) is 20.8. The number of hydrogen-bond donors (Lipinski definition) is 1. The number of carbonyl (C=O) groups excluding carboxylic acids is 1. The average Bonchev–Trinajstić information content (AvgIpc) is 3.50. The molecule has 9 heteroatoms. The molecule has 1 aromatic carbocycles. The molecule has 1 aliphatic carbocycles. The fraction of sp³-hybridized carbons (Fsp3) is 0.519. The van der Waals surface area contributed by atoms with Crippen molar-refractivity contribution in [2.24, 2.45) is 13.0 Å². The Hall–Kier alpha value is -3.07. The summed E-state index contributed by atoms with van der Waals surface area (Å²) < 4.78 is 34.2. The van der Waals surface area contributed by atoms with Gasteiger partial charge in [0.05, 0.1) is 16.6 Å². The number of alkyl halides is 2. The van der Waals surface area contributed by atoms with Crippen LogP contribution in [0.25, 0.3) is 16.5 Å². The van der Waals surface area contributed by atoms with Crippen molar-refractivity contribution in [2.75, 3.05) is 19.6 Å². The van der Waals surface area contributed by atoms with Gasteiger partial charge in [0.2, 0.25) is 0 Å². The zero-order valence-corrected chi connectivity index (χ0v) is 20.8. The maximum absolute atomic E-state index is 13.8. The number of hydrogen-bond acceptors (Lipinski definition) is 5. The number of halogens is 2. The molecular formula is C27H33F2N5O2. The number of nitrogens with zero attached hydrogens (tertiary/aromatic N) is 4. The summed E-state index contributed by atoms with van der Waals surface area (Å²) in [7, 11) is 1.86. The van der Waals surface area contributed by atoms with Crippen LogP contribution in [0.3, 0.4) is 0 Å². The highest BCUT2D eigenvalue weighted by Gasteiger charge is 2.32. The molecule has 1 amide bonds. The second kappa shape index (κ2) is 10.1. The number of aromatic nitrogens is 3. The van der Waals surface area contributed by atoms with E-state index in [1.165, 1.54) is 0 Å². The predicted octanol–water partition coefficient (Wildman–Crippen LogP) is 5.14. The molecule has 0 bridgehead atoms. The first-order valence-corrected chi connectivity index (χ1v) is 12.8. The number of nitrogens with one attached hydrogen (secondary N) is 1. The molecule has 1 aliphatic heterocycles. The largest absolute Gasteiger partial charge is 0.364 e. The molecule has 5 rings (SSSR count). The Morgan fingerprint density at radius 2 is 2.06 bits per heavy atom. The normalized spacial score (nSPS) is 21.5. The van der Waals surface area contributed by atoms with Crippen LogP contribution in [0.2, 0.25) is 0 Å². The Labute approximate surface area is 209 Å². The molecule has 7 nitrogen and oxygen atoms in total. The topological polar surface area (TPSA) is 76.2 Å². The summed E-state index contributed by atoms with van der Waals surface area (Å²) in [6, 6.07) is 5.87. The van der Waals surface area contributed by atoms with Crippen LogP contribution < -0.4 is 5.32 Å². The predicted molar refractivity (Wildman–Crippen MR) is 134 cm³/mol. The molecule has 36 heavy (non-hydrogen) atoms. The molecule has 3 aromatic rings. The van der Waals surface area contributed by atoms with Gasteiger partial charge >= 0.3 is 0 Å². The maximum atomic E-state index is 13.8. The Morgan fingerprint density at radius 3 is 2.78 bits per heavy atom. The summed E-state index contributed by atoms with van der Waals surface area (Å²) in [6.45, 7) is 3.44. The number of aryl methyl sites for hydroxylation is 1. The van der Waals surface area contributed by atoms with E-state index in [0.717, 1.165) is 81.4 Å². The van der Waals surface area contributed by atoms with Gasteiger partial charge < -0.3 is 9.84 Å². The average molecular weight is 498 g/mol. The third-order valence-corrected chi connectivity index (χ3v) is 7.58. The van der Waals surface area contributed by atoms with Crippen molar-refractivity contribution in [2.45, 2.75) is 57.4 Å². The van der Waals surface area contributed by atoms with Crippen LogP contribution in [0.15, 0.2) is 41.3 Å². The van der Waals surface area contributed by atoms with Gasteiger partial charge in [-0.1, -0.05) is 17.3 Å². The smallest absolute Gasteiger partial charge is 0.275 e. The van der Waals surface area contributed by atoms with E-state index < -0.39 is 5.92 Å². The van der Waals surface area contributed by atoms with Gasteiger partial charge in [-0.25, -0.2) is 8.78 Å². The number of amides is 1. The van der Waals surface area contributed by atoms with Crippen molar-refractivity contribution in [1.29, 1.82) is 0 Å². The highest BCUT2D eigenvalue weighted by molar-refractivity contribution is 6.06. The van der Waals surface area contributed by atoms with Crippen molar-refractivity contribution in [3.05, 3.63) is 53.6 Å². The van der Waals surface area contributed by atoms with Crippen LogP contribution in [0, 0.1) is 5.92 Å². The Balaban J connectivity index is 1.07. The van der Waals surface area contributed by atoms with Gasteiger partial charge in [-0.3, -0.25) is 14.4 Å². The Kier molecular flexibility index (Phi) is 6.92. The van der Waals surface area contributed by atoms with E-state index in [-0.39, 0.29) is 17.5 Å². The lowest BCUT2D eigenvalue weighted by atomic mass is 9.84. The number of carbonyl (C=O) groups is 1. The highest BCUT2D eigenvalue weighted by atomic mass is 19.3. The molecule has 0 spiro atoms. The van der Waals surface area contributed by atoms with Crippen LogP contribution in [0.1, 0.15) is 67.1 Å². The molecule has 0 unspecified atom stereocenters. The van der Waals surface area contributed by atoms with Gasteiger partial charge in [0, 0.05) is 44.7 Å². The minimum absolute atomic E-state index is 0.0240. The van der Waals surface area contributed by atoms with Gasteiger partial charge in [0.1, 0.15) is 12.0 Å². The molecule has 0 saturated heterocycles. The molecule has 1 N–H and O–H groups in total. The third-order valence-electron chi connectivity index (χ3n) is 7.58. The van der Waals surface area contributed by atoms with Crippen LogP contribution in [0.5, 0.6) is 0 Å². The lowest BCUT2D eigenvalue weighted by Crippen LogP contribution is -2.38. The van der Waals surface area contributed by atoms with Crippen molar-refractivity contribution in [3.63, 3.8) is 0 Å². The van der Waals surface area contributed by atoms with Crippen molar-refractivity contribution >= 4 is 22.4 Å². The fourth-order valence-corrected chi connectivity index (χ4v) is 5.49. The monoisotopic (exact) mass is 497 g/mol. The van der Waals surface area contributed by atoms with E-state index in [1.54, 1.807) is 4.68 Å². The SMILES string of the molecule is Cn1cc2c(C(=O)N[C@H]3CC[C@H](CCN4CC=C(c5nocc5C(C)(F)F)CC4)CC3)cccc2n1. The standard InChI is InChI=1S/C27H33F2N5O2/c1-27(28,29)23-17-36-32-25(23)19-11-14-34(15-12-19)13-10-18-6-8-20(9-7-18)30-26(35)21-4-3-5-24-22(21)16-33(2)31-24/h3-5,11,16-18,20H,6-10,12-15H2,1-2H3,(H,30,35)/t18-,20-. The quantitative estimate of drug-likeness (QED) is 0.489. The highest BCUT2D eigenvalue weighted by Crippen LogP contribution is 2.35. The summed E-state index contributed by atoms with van der Waals surface area (Å²) in [5.41, 5.74) is 2.51. The van der Waals surface area contributed by atoms with Gasteiger partial charge in [0.15, 0.2) is 0 Å². The fourth-order valence-electron chi connectivity index (χ4n) is 5.49. The molecule has 1 fully saturated rings. The summed E-state index contributed by atoms with van der Waals surface area (Å²) in [6.07, 6.45) is 10.9. The first-order valence-electron chi connectivity index (χ1n) is 12.8. The van der Waals surface area contributed by atoms with E-state index >= 15 is 0 Å². The molecule has 0 radical (unpaired) electrons. The minimum atomic E-state index is -2.96. The second-order valence-corrected chi connectivity index (χ2v) is 10.3. The number of benzene rings is 1. The van der Waals surface area contributed by atoms with Crippen molar-refractivity contribution in [1.82, 2.24) is 25.2 Å². The minimum Gasteiger partial charge on any atom is -0.364 e. The van der Waals surface area contributed by atoms with E-state index in [0.29, 0.717) is 23.6 Å². The molecule has 2 aromatic heterocycles. The van der Waals surface area contributed by atoms with E-state index in [2.05, 4.69) is 20.5 Å². The Morgan fingerprint density at radius 1 is 1.25 bits per heavy atom. The van der Waals surface area contributed by atoms with E-state index in [1.807, 2.05) is 37.5 Å². The van der Waals surface area contributed by atoms with Gasteiger partial charge in [-0.15, -0.1) is 0 Å². The van der Waals surface area contributed by atoms with E-state index in [4.69, 9.17) is 4.52 Å².